The van der Waals surface area contributed by atoms with Gasteiger partial charge in [-0.2, -0.15) is 0 Å². The molecule has 2 aromatic carbocycles. The summed E-state index contributed by atoms with van der Waals surface area (Å²) in [6.45, 7) is 0.258. The van der Waals surface area contributed by atoms with Gasteiger partial charge in [0.25, 0.3) is 0 Å². The molecule has 0 heterocycles. The number of carbonyl (C=O) groups excluding carboxylic acids is 1. The average molecular weight is 260 g/mol. The molecular weight excluding hydrogens is 247 g/mol. The number of rotatable bonds is 4. The van der Waals surface area contributed by atoms with Crippen molar-refractivity contribution in [2.24, 2.45) is 0 Å². The van der Waals surface area contributed by atoms with Crippen LogP contribution in [0.25, 0.3) is 0 Å². The maximum Gasteiger partial charge on any atom is 0.344 e. The van der Waals surface area contributed by atoms with Gasteiger partial charge in [-0.15, -0.1) is 0 Å². The molecule has 0 aliphatic carbocycles. The van der Waals surface area contributed by atoms with Crippen molar-refractivity contribution in [1.29, 1.82) is 0 Å². The lowest BCUT2D eigenvalue weighted by Gasteiger charge is -2.10. The Morgan fingerprint density at radius 1 is 1.11 bits per heavy atom. The van der Waals surface area contributed by atoms with Crippen LogP contribution in [0.1, 0.15) is 15.9 Å². The lowest BCUT2D eigenvalue weighted by atomic mass is 10.2. The van der Waals surface area contributed by atoms with Crippen LogP contribution in [0.3, 0.4) is 0 Å². The molecule has 0 saturated carbocycles. The molecule has 2 rings (SSSR count). The highest BCUT2D eigenvalue weighted by Gasteiger charge is 2.18. The van der Waals surface area contributed by atoms with Crippen LogP contribution in [-0.4, -0.2) is 13.1 Å². The third-order valence-electron chi connectivity index (χ3n) is 2.60. The predicted octanol–water partition coefficient (Wildman–Crippen LogP) is 3.19. The van der Waals surface area contributed by atoms with Crippen LogP contribution in [-0.2, 0) is 11.3 Å². The summed E-state index contributed by atoms with van der Waals surface area (Å²) >= 11 is 0. The Hall–Kier alpha value is -2.36. The molecule has 3 nitrogen and oxygen atoms in total. The van der Waals surface area contributed by atoms with Crippen molar-refractivity contribution in [2.75, 3.05) is 7.11 Å². The smallest absolute Gasteiger partial charge is 0.344 e. The standard InChI is InChI=1S/C15H13FO3/c1-18-15(17)14-12(16)8-5-9-13(14)19-10-11-6-3-2-4-7-11/h2-9H,10H2,1H3. The monoisotopic (exact) mass is 260 g/mol. The molecule has 0 bridgehead atoms. The molecule has 0 atom stereocenters. The molecule has 0 fully saturated rings. The Bertz CT molecular complexity index is 567. The van der Waals surface area contributed by atoms with Crippen molar-refractivity contribution in [3.63, 3.8) is 0 Å². The van der Waals surface area contributed by atoms with Crippen LogP contribution in [0, 0.1) is 5.82 Å². The summed E-state index contributed by atoms with van der Waals surface area (Å²) in [5.74, 6) is -1.23. The summed E-state index contributed by atoms with van der Waals surface area (Å²) in [7, 11) is 1.20. The van der Waals surface area contributed by atoms with E-state index in [9.17, 15) is 9.18 Å². The molecule has 19 heavy (non-hydrogen) atoms. The van der Waals surface area contributed by atoms with E-state index in [0.717, 1.165) is 5.56 Å². The Morgan fingerprint density at radius 3 is 2.53 bits per heavy atom. The summed E-state index contributed by atoms with van der Waals surface area (Å²) in [5, 5.41) is 0. The molecule has 0 saturated heterocycles. The zero-order valence-electron chi connectivity index (χ0n) is 10.4. The quantitative estimate of drug-likeness (QED) is 0.792. The first kappa shape index (κ1) is 13.1. The minimum absolute atomic E-state index is 0.177. The maximum atomic E-state index is 13.6. The van der Waals surface area contributed by atoms with Gasteiger partial charge in [-0.25, -0.2) is 9.18 Å². The fraction of sp³-hybridized carbons (Fsp3) is 0.133. The van der Waals surface area contributed by atoms with E-state index in [1.165, 1.54) is 25.3 Å². The third kappa shape index (κ3) is 3.10. The van der Waals surface area contributed by atoms with E-state index in [1.54, 1.807) is 0 Å². The van der Waals surface area contributed by atoms with Gasteiger partial charge in [0, 0.05) is 0 Å². The van der Waals surface area contributed by atoms with Gasteiger partial charge >= 0.3 is 5.97 Å². The number of benzene rings is 2. The summed E-state index contributed by atoms with van der Waals surface area (Å²) < 4.78 is 23.7. The van der Waals surface area contributed by atoms with E-state index < -0.39 is 11.8 Å². The molecule has 0 aromatic heterocycles. The highest BCUT2D eigenvalue weighted by atomic mass is 19.1. The van der Waals surface area contributed by atoms with Crippen LogP contribution >= 0.6 is 0 Å². The summed E-state index contributed by atoms with van der Waals surface area (Å²) in [6.07, 6.45) is 0. The number of ether oxygens (including phenoxy) is 2. The van der Waals surface area contributed by atoms with Gasteiger partial charge in [0.05, 0.1) is 7.11 Å². The molecule has 0 aliphatic heterocycles. The zero-order valence-corrected chi connectivity index (χ0v) is 10.4. The largest absolute Gasteiger partial charge is 0.488 e. The maximum absolute atomic E-state index is 13.6. The van der Waals surface area contributed by atoms with Crippen molar-refractivity contribution in [1.82, 2.24) is 0 Å². The fourth-order valence-electron chi connectivity index (χ4n) is 1.66. The van der Waals surface area contributed by atoms with Crippen molar-refractivity contribution in [3.8, 4) is 5.75 Å². The molecule has 0 aliphatic rings. The van der Waals surface area contributed by atoms with Gasteiger partial charge in [-0.1, -0.05) is 36.4 Å². The minimum Gasteiger partial charge on any atom is -0.488 e. The van der Waals surface area contributed by atoms with E-state index >= 15 is 0 Å². The lowest BCUT2D eigenvalue weighted by molar-refractivity contribution is 0.0590. The van der Waals surface area contributed by atoms with Crippen molar-refractivity contribution >= 4 is 5.97 Å². The minimum atomic E-state index is -0.749. The van der Waals surface area contributed by atoms with Gasteiger partial charge in [0.2, 0.25) is 0 Å². The van der Waals surface area contributed by atoms with Crippen LogP contribution in [0.5, 0.6) is 5.75 Å². The lowest BCUT2D eigenvalue weighted by Crippen LogP contribution is -2.08. The molecule has 98 valence electrons. The average Bonchev–Trinajstić information content (AvgIpc) is 2.45. The number of carbonyl (C=O) groups is 1. The number of methoxy groups -OCH3 is 1. The normalized spacial score (nSPS) is 10.0. The molecule has 2 aromatic rings. The van der Waals surface area contributed by atoms with E-state index in [0.29, 0.717) is 0 Å². The number of esters is 1. The van der Waals surface area contributed by atoms with Crippen LogP contribution in [0.2, 0.25) is 0 Å². The molecular formula is C15H13FO3. The number of halogens is 1. The Morgan fingerprint density at radius 2 is 1.84 bits per heavy atom. The van der Waals surface area contributed by atoms with E-state index in [4.69, 9.17) is 4.74 Å². The second-order valence-electron chi connectivity index (χ2n) is 3.88. The zero-order chi connectivity index (χ0) is 13.7. The first-order chi connectivity index (χ1) is 9.22. The summed E-state index contributed by atoms with van der Waals surface area (Å²) in [5.41, 5.74) is 0.753. The molecule has 0 amide bonds. The van der Waals surface area contributed by atoms with E-state index in [1.807, 2.05) is 30.3 Å². The summed E-state index contributed by atoms with van der Waals surface area (Å²) in [6, 6.07) is 13.7. The highest BCUT2D eigenvalue weighted by Crippen LogP contribution is 2.23. The Balaban J connectivity index is 2.21. The van der Waals surface area contributed by atoms with Gasteiger partial charge in [0.15, 0.2) is 0 Å². The summed E-state index contributed by atoms with van der Waals surface area (Å²) in [4.78, 5) is 11.5. The Labute approximate surface area is 110 Å². The van der Waals surface area contributed by atoms with E-state index in [2.05, 4.69) is 4.74 Å². The first-order valence-electron chi connectivity index (χ1n) is 5.76. The SMILES string of the molecule is COC(=O)c1c(F)cccc1OCc1ccccc1. The van der Waals surface area contributed by atoms with Crippen LogP contribution in [0.15, 0.2) is 48.5 Å². The number of hydrogen-bond acceptors (Lipinski definition) is 3. The molecule has 0 N–H and O–H groups in total. The van der Waals surface area contributed by atoms with Crippen LogP contribution < -0.4 is 4.74 Å². The van der Waals surface area contributed by atoms with Crippen molar-refractivity contribution in [3.05, 3.63) is 65.5 Å². The van der Waals surface area contributed by atoms with Crippen LogP contribution in [0.4, 0.5) is 4.39 Å². The van der Waals surface area contributed by atoms with Gasteiger partial charge in [-0.3, -0.25) is 0 Å². The molecule has 0 spiro atoms. The highest BCUT2D eigenvalue weighted by molar-refractivity contribution is 5.92. The van der Waals surface area contributed by atoms with E-state index in [-0.39, 0.29) is 17.9 Å². The molecule has 0 unspecified atom stereocenters. The van der Waals surface area contributed by atoms with Gasteiger partial charge in [0.1, 0.15) is 23.7 Å². The number of hydrogen-bond donors (Lipinski definition) is 0. The first-order valence-corrected chi connectivity index (χ1v) is 5.76. The topological polar surface area (TPSA) is 35.5 Å². The Kier molecular flexibility index (Phi) is 4.13. The third-order valence-corrected chi connectivity index (χ3v) is 2.60. The van der Waals surface area contributed by atoms with Gasteiger partial charge in [-0.05, 0) is 17.7 Å². The van der Waals surface area contributed by atoms with Crippen molar-refractivity contribution in [2.45, 2.75) is 6.61 Å². The predicted molar refractivity (Wildman–Crippen MR) is 68.5 cm³/mol. The second kappa shape index (κ2) is 6.00. The van der Waals surface area contributed by atoms with Gasteiger partial charge < -0.3 is 9.47 Å². The molecule has 0 radical (unpaired) electrons. The molecule has 4 heteroatoms. The fourth-order valence-corrected chi connectivity index (χ4v) is 1.66. The van der Waals surface area contributed by atoms with Crippen molar-refractivity contribution < 1.29 is 18.7 Å². The second-order valence-corrected chi connectivity index (χ2v) is 3.88.